The van der Waals surface area contributed by atoms with Gasteiger partial charge in [0.2, 0.25) is 17.6 Å². The smallest absolute Gasteiger partial charge is 0.241 e. The first-order valence-corrected chi connectivity index (χ1v) is 11.6. The summed E-state index contributed by atoms with van der Waals surface area (Å²) in [7, 11) is 0. The summed E-state index contributed by atoms with van der Waals surface area (Å²) in [6, 6.07) is 4.32. The molecule has 3 atom stereocenters. The van der Waals surface area contributed by atoms with Gasteiger partial charge in [0, 0.05) is 32.2 Å². The molecule has 1 saturated heterocycles. The van der Waals surface area contributed by atoms with E-state index in [1.165, 1.54) is 12.8 Å². The van der Waals surface area contributed by atoms with Gasteiger partial charge in [0.15, 0.2) is 0 Å². The highest BCUT2D eigenvalue weighted by Crippen LogP contribution is 2.29. The number of nitrogens with zero attached hydrogens (tertiary/aromatic N) is 4. The SMILES string of the molecule is CC1CCCC(NC(=O)CN2CCN(Cc3nc(-c4cccs4)no3)CC2)C1C. The lowest BCUT2D eigenvalue weighted by molar-refractivity contribution is -0.124. The number of hydrogen-bond acceptors (Lipinski definition) is 7. The van der Waals surface area contributed by atoms with E-state index in [4.69, 9.17) is 4.52 Å². The Hall–Kier alpha value is -1.77. The summed E-state index contributed by atoms with van der Waals surface area (Å²) in [4.78, 5) is 22.6. The van der Waals surface area contributed by atoms with Gasteiger partial charge in [0.25, 0.3) is 0 Å². The molecule has 0 aromatic carbocycles. The summed E-state index contributed by atoms with van der Waals surface area (Å²) < 4.78 is 5.41. The first kappa shape index (κ1) is 20.5. The number of aromatic nitrogens is 2. The zero-order valence-corrected chi connectivity index (χ0v) is 18.2. The Labute approximate surface area is 176 Å². The number of carbonyl (C=O) groups excluding carboxylic acids is 1. The number of piperazine rings is 1. The maximum Gasteiger partial charge on any atom is 0.241 e. The number of amides is 1. The average Bonchev–Trinajstić information content (AvgIpc) is 3.39. The van der Waals surface area contributed by atoms with Crippen LogP contribution in [0.5, 0.6) is 0 Å². The van der Waals surface area contributed by atoms with E-state index in [9.17, 15) is 4.79 Å². The van der Waals surface area contributed by atoms with Gasteiger partial charge in [-0.05, 0) is 29.7 Å². The van der Waals surface area contributed by atoms with Gasteiger partial charge < -0.3 is 9.84 Å². The van der Waals surface area contributed by atoms with Crippen LogP contribution < -0.4 is 5.32 Å². The molecule has 7 nitrogen and oxygen atoms in total. The molecule has 3 unspecified atom stereocenters. The van der Waals surface area contributed by atoms with Crippen molar-refractivity contribution in [2.45, 2.75) is 45.7 Å². The topological polar surface area (TPSA) is 74.5 Å². The second-order valence-corrected chi connectivity index (χ2v) is 9.43. The molecule has 2 aliphatic rings. The normalized spacial score (nSPS) is 26.5. The highest BCUT2D eigenvalue weighted by atomic mass is 32.1. The molecule has 0 bridgehead atoms. The van der Waals surface area contributed by atoms with Gasteiger partial charge in [-0.25, -0.2) is 0 Å². The van der Waals surface area contributed by atoms with E-state index < -0.39 is 0 Å². The van der Waals surface area contributed by atoms with Crippen molar-refractivity contribution in [3.8, 4) is 10.7 Å². The van der Waals surface area contributed by atoms with Crippen molar-refractivity contribution < 1.29 is 9.32 Å². The van der Waals surface area contributed by atoms with Crippen molar-refractivity contribution in [3.05, 3.63) is 23.4 Å². The Morgan fingerprint density at radius 2 is 2.03 bits per heavy atom. The van der Waals surface area contributed by atoms with Crippen LogP contribution in [0, 0.1) is 11.8 Å². The summed E-state index contributed by atoms with van der Waals surface area (Å²) in [5.74, 6) is 2.75. The molecule has 8 heteroatoms. The third-order valence-electron chi connectivity index (χ3n) is 6.45. The Morgan fingerprint density at radius 3 is 2.79 bits per heavy atom. The minimum atomic E-state index is 0.168. The van der Waals surface area contributed by atoms with Gasteiger partial charge in [0.05, 0.1) is 18.0 Å². The predicted octanol–water partition coefficient (Wildman–Crippen LogP) is 2.86. The van der Waals surface area contributed by atoms with Gasteiger partial charge in [0.1, 0.15) is 0 Å². The van der Waals surface area contributed by atoms with Gasteiger partial charge in [-0.3, -0.25) is 14.6 Å². The second kappa shape index (κ2) is 9.36. The maximum absolute atomic E-state index is 12.5. The van der Waals surface area contributed by atoms with Crippen LogP contribution >= 0.6 is 11.3 Å². The number of thiophene rings is 1. The van der Waals surface area contributed by atoms with Crippen molar-refractivity contribution >= 4 is 17.2 Å². The van der Waals surface area contributed by atoms with Crippen molar-refractivity contribution in [1.82, 2.24) is 25.3 Å². The van der Waals surface area contributed by atoms with Crippen molar-refractivity contribution in [2.75, 3.05) is 32.7 Å². The first-order valence-electron chi connectivity index (χ1n) is 10.7. The molecule has 0 spiro atoms. The highest BCUT2D eigenvalue weighted by Gasteiger charge is 2.29. The molecular weight excluding hydrogens is 386 g/mol. The van der Waals surface area contributed by atoms with Crippen LogP contribution in [0.1, 0.15) is 39.0 Å². The second-order valence-electron chi connectivity index (χ2n) is 8.48. The molecule has 1 aliphatic heterocycles. The molecular formula is C21H31N5O2S. The number of carbonyl (C=O) groups is 1. The van der Waals surface area contributed by atoms with E-state index >= 15 is 0 Å². The largest absolute Gasteiger partial charge is 0.352 e. The summed E-state index contributed by atoms with van der Waals surface area (Å²) in [6.45, 7) is 9.31. The molecule has 1 amide bonds. The number of hydrogen-bond donors (Lipinski definition) is 1. The predicted molar refractivity (Wildman–Crippen MR) is 113 cm³/mol. The van der Waals surface area contributed by atoms with E-state index in [1.54, 1.807) is 11.3 Å². The van der Waals surface area contributed by atoms with E-state index in [2.05, 4.69) is 39.1 Å². The maximum atomic E-state index is 12.5. The Bertz CT molecular complexity index is 785. The minimum absolute atomic E-state index is 0.168. The van der Waals surface area contributed by atoms with Crippen molar-refractivity contribution in [2.24, 2.45) is 11.8 Å². The molecule has 1 saturated carbocycles. The molecule has 4 rings (SSSR count). The van der Waals surface area contributed by atoms with Gasteiger partial charge in [-0.1, -0.05) is 37.9 Å². The molecule has 3 heterocycles. The van der Waals surface area contributed by atoms with E-state index in [0.29, 0.717) is 42.7 Å². The Kier molecular flexibility index (Phi) is 6.62. The van der Waals surface area contributed by atoms with Gasteiger partial charge in [-0.2, -0.15) is 4.98 Å². The fraction of sp³-hybridized carbons (Fsp3) is 0.667. The number of nitrogens with one attached hydrogen (secondary N) is 1. The van der Waals surface area contributed by atoms with E-state index in [0.717, 1.165) is 37.5 Å². The lowest BCUT2D eigenvalue weighted by atomic mass is 9.78. The van der Waals surface area contributed by atoms with Crippen LogP contribution in [0.3, 0.4) is 0 Å². The van der Waals surface area contributed by atoms with Gasteiger partial charge >= 0.3 is 0 Å². The Morgan fingerprint density at radius 1 is 1.24 bits per heavy atom. The summed E-state index contributed by atoms with van der Waals surface area (Å²) in [5, 5.41) is 9.38. The summed E-state index contributed by atoms with van der Waals surface area (Å²) in [5.41, 5.74) is 0. The lowest BCUT2D eigenvalue weighted by Crippen LogP contribution is -2.51. The molecule has 2 fully saturated rings. The van der Waals surface area contributed by atoms with Crippen molar-refractivity contribution in [1.29, 1.82) is 0 Å². The molecule has 1 N–H and O–H groups in total. The molecule has 29 heavy (non-hydrogen) atoms. The zero-order valence-electron chi connectivity index (χ0n) is 17.3. The monoisotopic (exact) mass is 417 g/mol. The van der Waals surface area contributed by atoms with E-state index in [1.807, 2.05) is 17.5 Å². The minimum Gasteiger partial charge on any atom is -0.352 e. The third kappa shape index (κ3) is 5.24. The fourth-order valence-corrected chi connectivity index (χ4v) is 5.01. The lowest BCUT2D eigenvalue weighted by Gasteiger charge is -2.36. The van der Waals surface area contributed by atoms with Crippen LogP contribution in [0.4, 0.5) is 0 Å². The Balaban J connectivity index is 1.20. The number of rotatable bonds is 6. The molecule has 2 aromatic rings. The van der Waals surface area contributed by atoms with Crippen LogP contribution in [-0.4, -0.2) is 64.6 Å². The zero-order chi connectivity index (χ0) is 20.2. The fourth-order valence-electron chi connectivity index (χ4n) is 4.36. The molecule has 2 aromatic heterocycles. The first-order chi connectivity index (χ1) is 14.1. The highest BCUT2D eigenvalue weighted by molar-refractivity contribution is 7.13. The molecule has 0 radical (unpaired) electrons. The third-order valence-corrected chi connectivity index (χ3v) is 7.32. The average molecular weight is 418 g/mol. The van der Waals surface area contributed by atoms with Gasteiger partial charge in [-0.15, -0.1) is 11.3 Å². The summed E-state index contributed by atoms with van der Waals surface area (Å²) in [6.07, 6.45) is 3.62. The standard InChI is InChI=1S/C21H31N5O2S/c1-15-5-3-6-17(16(15)2)22-19(27)13-25-8-10-26(11-9-25)14-20-23-21(24-28-20)18-7-4-12-29-18/h4,7,12,15-17H,3,5-6,8-11,13-14H2,1-2H3,(H,22,27). The van der Waals surface area contributed by atoms with Crippen molar-refractivity contribution in [3.63, 3.8) is 0 Å². The van der Waals surface area contributed by atoms with Crippen LogP contribution in [0.15, 0.2) is 22.0 Å². The van der Waals surface area contributed by atoms with Crippen LogP contribution in [0.2, 0.25) is 0 Å². The van der Waals surface area contributed by atoms with Crippen LogP contribution in [-0.2, 0) is 11.3 Å². The van der Waals surface area contributed by atoms with E-state index in [-0.39, 0.29) is 5.91 Å². The molecule has 1 aliphatic carbocycles. The summed E-state index contributed by atoms with van der Waals surface area (Å²) >= 11 is 1.61. The molecule has 158 valence electrons. The van der Waals surface area contributed by atoms with Crippen LogP contribution in [0.25, 0.3) is 10.7 Å². The quantitative estimate of drug-likeness (QED) is 0.779.